The normalized spacial score (nSPS) is 20.0. The number of thiophene rings is 1. The molecule has 106 valence electrons. The number of amides is 1. The Labute approximate surface area is 120 Å². The van der Waals surface area contributed by atoms with Crippen molar-refractivity contribution in [3.05, 3.63) is 21.9 Å². The minimum Gasteiger partial charge on any atom is -0.341 e. The predicted octanol–water partition coefficient (Wildman–Crippen LogP) is 2.75. The van der Waals surface area contributed by atoms with Crippen molar-refractivity contribution in [1.82, 2.24) is 9.80 Å². The summed E-state index contributed by atoms with van der Waals surface area (Å²) in [6, 6.07) is 2.14. The highest BCUT2D eigenvalue weighted by molar-refractivity contribution is 7.10. The molecule has 1 saturated heterocycles. The molecule has 0 aromatic carbocycles. The molecule has 0 aliphatic carbocycles. The minimum absolute atomic E-state index is 0.281. The zero-order valence-electron chi connectivity index (χ0n) is 12.2. The summed E-state index contributed by atoms with van der Waals surface area (Å²) in [5.41, 5.74) is 1.33. The van der Waals surface area contributed by atoms with Crippen LogP contribution >= 0.6 is 11.3 Å². The van der Waals surface area contributed by atoms with Crippen molar-refractivity contribution in [3.63, 3.8) is 0 Å². The summed E-state index contributed by atoms with van der Waals surface area (Å²) in [6.45, 7) is 7.65. The van der Waals surface area contributed by atoms with Gasteiger partial charge in [0.2, 0.25) is 5.91 Å². The van der Waals surface area contributed by atoms with Gasteiger partial charge in [0.15, 0.2) is 0 Å². The monoisotopic (exact) mass is 280 g/mol. The first-order valence-electron chi connectivity index (χ1n) is 7.05. The smallest absolute Gasteiger partial charge is 0.236 e. The highest BCUT2D eigenvalue weighted by Gasteiger charge is 2.21. The van der Waals surface area contributed by atoms with Crippen molar-refractivity contribution in [3.8, 4) is 0 Å². The van der Waals surface area contributed by atoms with E-state index in [1.807, 2.05) is 11.9 Å². The predicted molar refractivity (Wildman–Crippen MR) is 80.4 cm³/mol. The number of aryl methyl sites for hydroxylation is 1. The molecule has 1 aliphatic rings. The fourth-order valence-corrected chi connectivity index (χ4v) is 3.60. The summed E-state index contributed by atoms with van der Waals surface area (Å²) in [5, 5.41) is 2.12. The van der Waals surface area contributed by atoms with E-state index in [-0.39, 0.29) is 5.91 Å². The van der Waals surface area contributed by atoms with E-state index in [1.165, 1.54) is 16.9 Å². The molecule has 0 saturated carbocycles. The number of piperidine rings is 1. The molecule has 0 radical (unpaired) electrons. The van der Waals surface area contributed by atoms with E-state index in [0.29, 0.717) is 12.5 Å². The molecule has 1 fully saturated rings. The molecule has 0 N–H and O–H groups in total. The van der Waals surface area contributed by atoms with Gasteiger partial charge in [0.05, 0.1) is 6.54 Å². The van der Waals surface area contributed by atoms with E-state index in [4.69, 9.17) is 0 Å². The lowest BCUT2D eigenvalue weighted by molar-refractivity contribution is -0.133. The second-order valence-electron chi connectivity index (χ2n) is 5.79. The van der Waals surface area contributed by atoms with Crippen molar-refractivity contribution in [2.75, 3.05) is 26.7 Å². The third kappa shape index (κ3) is 4.05. The summed E-state index contributed by atoms with van der Waals surface area (Å²) in [6.07, 6.45) is 2.41. The molecule has 1 aliphatic heterocycles. The van der Waals surface area contributed by atoms with Gasteiger partial charge in [-0.05, 0) is 49.7 Å². The fraction of sp³-hybridized carbons (Fsp3) is 0.667. The lowest BCUT2D eigenvalue weighted by Gasteiger charge is -2.32. The van der Waals surface area contributed by atoms with E-state index in [1.54, 1.807) is 11.3 Å². The number of hydrogen-bond donors (Lipinski definition) is 0. The first kappa shape index (κ1) is 14.5. The zero-order chi connectivity index (χ0) is 13.8. The maximum atomic E-state index is 12.3. The van der Waals surface area contributed by atoms with Crippen LogP contribution in [0.1, 0.15) is 30.2 Å². The second-order valence-corrected chi connectivity index (χ2v) is 6.79. The van der Waals surface area contributed by atoms with Crippen LogP contribution in [0.3, 0.4) is 0 Å². The standard InChI is InChI=1S/C15H24N2OS/c1-12-5-4-7-17(9-12)15(18)11-16(3)10-14-13(2)6-8-19-14/h6,8,12H,4-5,7,9-11H2,1-3H3. The van der Waals surface area contributed by atoms with E-state index in [0.717, 1.165) is 26.1 Å². The Hall–Kier alpha value is -0.870. The van der Waals surface area contributed by atoms with Gasteiger partial charge in [-0.25, -0.2) is 0 Å². The molecule has 19 heavy (non-hydrogen) atoms. The van der Waals surface area contributed by atoms with Gasteiger partial charge in [-0.3, -0.25) is 9.69 Å². The fourth-order valence-electron chi connectivity index (χ4n) is 2.61. The Morgan fingerprint density at radius 1 is 1.58 bits per heavy atom. The lowest BCUT2D eigenvalue weighted by Crippen LogP contribution is -2.43. The van der Waals surface area contributed by atoms with Gasteiger partial charge in [0, 0.05) is 24.5 Å². The van der Waals surface area contributed by atoms with Crippen LogP contribution in [-0.2, 0) is 11.3 Å². The van der Waals surface area contributed by atoms with Crippen molar-refractivity contribution in [2.45, 2.75) is 33.2 Å². The lowest BCUT2D eigenvalue weighted by atomic mass is 10.0. The van der Waals surface area contributed by atoms with Gasteiger partial charge in [0.25, 0.3) is 0 Å². The van der Waals surface area contributed by atoms with Crippen molar-refractivity contribution in [1.29, 1.82) is 0 Å². The molecular weight excluding hydrogens is 256 g/mol. The summed E-state index contributed by atoms with van der Waals surface area (Å²) < 4.78 is 0. The molecule has 4 heteroatoms. The average Bonchev–Trinajstić information content (AvgIpc) is 2.75. The van der Waals surface area contributed by atoms with E-state index < -0.39 is 0 Å². The van der Waals surface area contributed by atoms with Crippen LogP contribution in [0.5, 0.6) is 0 Å². The molecule has 1 unspecified atom stereocenters. The quantitative estimate of drug-likeness (QED) is 0.846. The number of hydrogen-bond acceptors (Lipinski definition) is 3. The van der Waals surface area contributed by atoms with Gasteiger partial charge >= 0.3 is 0 Å². The van der Waals surface area contributed by atoms with Crippen LogP contribution in [0, 0.1) is 12.8 Å². The highest BCUT2D eigenvalue weighted by Crippen LogP contribution is 2.18. The Kier molecular flexibility index (Phi) is 4.99. The molecule has 1 aromatic heterocycles. The number of likely N-dealkylation sites (N-methyl/N-ethyl adjacent to an activating group) is 1. The van der Waals surface area contributed by atoms with Gasteiger partial charge in [-0.15, -0.1) is 11.3 Å². The average molecular weight is 280 g/mol. The van der Waals surface area contributed by atoms with Crippen LogP contribution < -0.4 is 0 Å². The summed E-state index contributed by atoms with van der Waals surface area (Å²) in [7, 11) is 2.03. The van der Waals surface area contributed by atoms with E-state index in [9.17, 15) is 4.79 Å². The SMILES string of the molecule is Cc1ccsc1CN(C)CC(=O)N1CCCC(C)C1. The molecule has 3 nitrogen and oxygen atoms in total. The zero-order valence-corrected chi connectivity index (χ0v) is 13.0. The Bertz CT molecular complexity index is 430. The molecule has 1 aromatic rings. The van der Waals surface area contributed by atoms with Gasteiger partial charge < -0.3 is 4.90 Å². The third-order valence-electron chi connectivity index (χ3n) is 3.80. The number of rotatable bonds is 4. The maximum absolute atomic E-state index is 12.3. The highest BCUT2D eigenvalue weighted by atomic mass is 32.1. The molecular formula is C15H24N2OS. The third-order valence-corrected chi connectivity index (χ3v) is 4.80. The molecule has 2 heterocycles. The van der Waals surface area contributed by atoms with E-state index in [2.05, 4.69) is 30.2 Å². The first-order valence-corrected chi connectivity index (χ1v) is 7.93. The Morgan fingerprint density at radius 3 is 3.00 bits per heavy atom. The van der Waals surface area contributed by atoms with Crippen LogP contribution in [-0.4, -0.2) is 42.4 Å². The van der Waals surface area contributed by atoms with Crippen LogP contribution in [0.25, 0.3) is 0 Å². The number of nitrogens with zero attached hydrogens (tertiary/aromatic N) is 2. The molecule has 1 amide bonds. The summed E-state index contributed by atoms with van der Waals surface area (Å²) in [5.74, 6) is 0.936. The summed E-state index contributed by atoms with van der Waals surface area (Å²) >= 11 is 1.77. The van der Waals surface area contributed by atoms with Crippen molar-refractivity contribution >= 4 is 17.2 Å². The molecule has 2 rings (SSSR count). The van der Waals surface area contributed by atoms with Crippen LogP contribution in [0.15, 0.2) is 11.4 Å². The summed E-state index contributed by atoms with van der Waals surface area (Å²) in [4.78, 5) is 17.8. The van der Waals surface area contributed by atoms with Gasteiger partial charge in [-0.1, -0.05) is 6.92 Å². The molecule has 0 spiro atoms. The molecule has 0 bridgehead atoms. The maximum Gasteiger partial charge on any atom is 0.236 e. The minimum atomic E-state index is 0.281. The van der Waals surface area contributed by atoms with Crippen LogP contribution in [0.2, 0.25) is 0 Å². The first-order chi connectivity index (χ1) is 9.06. The second kappa shape index (κ2) is 6.53. The Morgan fingerprint density at radius 2 is 2.37 bits per heavy atom. The largest absolute Gasteiger partial charge is 0.341 e. The van der Waals surface area contributed by atoms with Crippen molar-refractivity contribution in [2.24, 2.45) is 5.92 Å². The number of carbonyl (C=O) groups is 1. The Balaban J connectivity index is 1.83. The van der Waals surface area contributed by atoms with E-state index >= 15 is 0 Å². The van der Waals surface area contributed by atoms with Gasteiger partial charge in [0.1, 0.15) is 0 Å². The molecule has 1 atom stereocenters. The number of likely N-dealkylation sites (tertiary alicyclic amines) is 1. The van der Waals surface area contributed by atoms with Crippen LogP contribution in [0.4, 0.5) is 0 Å². The van der Waals surface area contributed by atoms with Gasteiger partial charge in [-0.2, -0.15) is 0 Å². The number of carbonyl (C=O) groups excluding carboxylic acids is 1. The topological polar surface area (TPSA) is 23.6 Å². The van der Waals surface area contributed by atoms with Crippen molar-refractivity contribution < 1.29 is 4.79 Å².